The first-order valence-corrected chi connectivity index (χ1v) is 3.50. The van der Waals surface area contributed by atoms with Crippen LogP contribution in [0.5, 0.6) is 0 Å². The fraction of sp³-hybridized carbons (Fsp3) is 0.800. The highest BCUT2D eigenvalue weighted by atomic mass is 31.0. The number of hydrogen-bond acceptors (Lipinski definition) is 3. The molecular formula is C5H13N2O2P. The smallest absolute Gasteiger partial charge is 0.406 e. The maximum atomic E-state index is 10.2. The van der Waals surface area contributed by atoms with E-state index in [2.05, 4.69) is 14.0 Å². The molecule has 4 N–H and O–H groups in total. The van der Waals surface area contributed by atoms with Crippen molar-refractivity contribution in [3.8, 4) is 0 Å². The molecule has 0 heterocycles. The number of nitrogens with two attached hydrogens (primary N) is 2. The molecule has 0 bridgehead atoms. The first-order valence-electron chi connectivity index (χ1n) is 2.92. The lowest BCUT2D eigenvalue weighted by Crippen LogP contribution is -2.44. The Labute approximate surface area is 62.5 Å². The van der Waals surface area contributed by atoms with Gasteiger partial charge < -0.3 is 10.5 Å². The Kier molecular flexibility index (Phi) is 3.06. The zero-order valence-corrected chi connectivity index (χ0v) is 7.28. The number of carbonyl (C=O) groups is 1. The second-order valence-corrected chi connectivity index (χ2v) is 3.33. The van der Waals surface area contributed by atoms with Crippen LogP contribution >= 0.6 is 9.24 Å². The van der Waals surface area contributed by atoms with Crippen molar-refractivity contribution >= 4 is 15.3 Å². The van der Waals surface area contributed by atoms with Gasteiger partial charge in [-0.25, -0.2) is 4.79 Å². The molecule has 0 fully saturated rings. The van der Waals surface area contributed by atoms with Gasteiger partial charge in [0, 0.05) is 5.92 Å². The summed E-state index contributed by atoms with van der Waals surface area (Å²) in [5.74, 6) is 0.0185. The highest BCUT2D eigenvalue weighted by molar-refractivity contribution is 7.18. The second kappa shape index (κ2) is 3.17. The predicted molar refractivity (Wildman–Crippen MR) is 42.1 cm³/mol. The topological polar surface area (TPSA) is 78.3 Å². The molecular weight excluding hydrogens is 151 g/mol. The molecule has 0 radical (unpaired) electrons. The van der Waals surface area contributed by atoms with E-state index in [1.165, 1.54) is 0 Å². The van der Waals surface area contributed by atoms with Gasteiger partial charge in [0.05, 0.1) is 0 Å². The Balaban J connectivity index is 3.99. The molecule has 0 saturated heterocycles. The summed E-state index contributed by atoms with van der Waals surface area (Å²) in [6, 6.07) is 0. The Morgan fingerprint density at radius 1 is 1.70 bits per heavy atom. The number of ether oxygens (including phenoxy) is 1. The van der Waals surface area contributed by atoms with Gasteiger partial charge in [0.15, 0.2) is 5.47 Å². The second-order valence-electron chi connectivity index (χ2n) is 2.43. The Bertz CT molecular complexity index is 136. The van der Waals surface area contributed by atoms with Crippen molar-refractivity contribution in [2.45, 2.75) is 19.3 Å². The van der Waals surface area contributed by atoms with E-state index in [4.69, 9.17) is 11.5 Å². The molecule has 2 atom stereocenters. The van der Waals surface area contributed by atoms with Gasteiger partial charge in [-0.1, -0.05) is 23.1 Å². The minimum Gasteiger partial charge on any atom is -0.425 e. The van der Waals surface area contributed by atoms with Crippen LogP contribution in [0.25, 0.3) is 0 Å². The van der Waals surface area contributed by atoms with E-state index in [1.54, 1.807) is 0 Å². The molecule has 4 nitrogen and oxygen atoms in total. The number of primary amides is 1. The zero-order valence-electron chi connectivity index (χ0n) is 6.13. The molecule has 0 spiro atoms. The molecule has 5 heteroatoms. The quantitative estimate of drug-likeness (QED) is 0.452. The van der Waals surface area contributed by atoms with Gasteiger partial charge in [0.25, 0.3) is 0 Å². The van der Waals surface area contributed by atoms with Crippen molar-refractivity contribution in [2.24, 2.45) is 17.4 Å². The number of amides is 1. The minimum atomic E-state index is -1.04. The highest BCUT2D eigenvalue weighted by Crippen LogP contribution is 2.22. The average molecular weight is 164 g/mol. The van der Waals surface area contributed by atoms with Crippen LogP contribution in [0, 0.1) is 5.92 Å². The van der Waals surface area contributed by atoms with Crippen LogP contribution in [0.15, 0.2) is 0 Å². The van der Waals surface area contributed by atoms with Gasteiger partial charge in [-0.05, 0) is 0 Å². The lowest BCUT2D eigenvalue weighted by Gasteiger charge is -2.27. The fourth-order valence-electron chi connectivity index (χ4n) is 0.292. The molecule has 1 amide bonds. The van der Waals surface area contributed by atoms with E-state index < -0.39 is 11.6 Å². The van der Waals surface area contributed by atoms with Crippen molar-refractivity contribution in [2.75, 3.05) is 0 Å². The highest BCUT2D eigenvalue weighted by Gasteiger charge is 2.26. The van der Waals surface area contributed by atoms with E-state index in [-0.39, 0.29) is 5.92 Å². The predicted octanol–water partition coefficient (Wildman–Crippen LogP) is 0.225. The Morgan fingerprint density at radius 3 is 2.20 bits per heavy atom. The molecule has 2 unspecified atom stereocenters. The third-order valence-electron chi connectivity index (χ3n) is 1.18. The molecule has 0 aliphatic rings. The van der Waals surface area contributed by atoms with Gasteiger partial charge in [0.1, 0.15) is 0 Å². The van der Waals surface area contributed by atoms with Gasteiger partial charge in [-0.15, -0.1) is 0 Å². The first kappa shape index (κ1) is 9.66. The van der Waals surface area contributed by atoms with E-state index in [9.17, 15) is 4.79 Å². The van der Waals surface area contributed by atoms with Crippen LogP contribution < -0.4 is 11.5 Å². The Morgan fingerprint density at radius 2 is 2.10 bits per heavy atom. The SMILES string of the molecule is CC(C)C(N)(P)OC(N)=O. The summed E-state index contributed by atoms with van der Waals surface area (Å²) >= 11 is 0. The summed E-state index contributed by atoms with van der Waals surface area (Å²) in [5, 5.41) is 0. The third-order valence-corrected chi connectivity index (χ3v) is 1.96. The normalized spacial score (nSPS) is 16.5. The van der Waals surface area contributed by atoms with Crippen LogP contribution in [-0.2, 0) is 4.74 Å². The molecule has 0 saturated carbocycles. The van der Waals surface area contributed by atoms with Crippen LogP contribution in [0.2, 0.25) is 0 Å². The number of hydrogen-bond donors (Lipinski definition) is 2. The molecule has 0 rings (SSSR count). The van der Waals surface area contributed by atoms with E-state index in [1.807, 2.05) is 13.8 Å². The number of carbonyl (C=O) groups excluding carboxylic acids is 1. The lowest BCUT2D eigenvalue weighted by atomic mass is 10.2. The van der Waals surface area contributed by atoms with Crippen molar-refractivity contribution in [3.05, 3.63) is 0 Å². The van der Waals surface area contributed by atoms with Crippen LogP contribution in [-0.4, -0.2) is 11.6 Å². The van der Waals surface area contributed by atoms with Crippen molar-refractivity contribution in [1.82, 2.24) is 0 Å². The third kappa shape index (κ3) is 2.99. The summed E-state index contributed by atoms with van der Waals surface area (Å²) in [7, 11) is 2.23. The largest absolute Gasteiger partial charge is 0.425 e. The summed E-state index contributed by atoms with van der Waals surface area (Å²) in [6.07, 6.45) is -0.855. The molecule has 0 aromatic carbocycles. The zero-order chi connectivity index (χ0) is 8.36. The fourth-order valence-corrected chi connectivity index (χ4v) is 0.408. The van der Waals surface area contributed by atoms with Gasteiger partial charge in [0.2, 0.25) is 0 Å². The minimum absolute atomic E-state index is 0.0185. The standard InChI is InChI=1S/C5H13N2O2P/c1-3(2)5(7,10)9-4(6)8/h3H,7,10H2,1-2H3,(H2,6,8). The summed E-state index contributed by atoms with van der Waals surface area (Å²) in [5.41, 5.74) is 9.23. The maximum Gasteiger partial charge on any atom is 0.406 e. The van der Waals surface area contributed by atoms with Gasteiger partial charge in [-0.2, -0.15) is 0 Å². The first-order chi connectivity index (χ1) is 4.36. The van der Waals surface area contributed by atoms with Crippen LogP contribution in [0.1, 0.15) is 13.8 Å². The maximum absolute atomic E-state index is 10.2. The monoisotopic (exact) mass is 164 g/mol. The van der Waals surface area contributed by atoms with Gasteiger partial charge >= 0.3 is 6.09 Å². The number of rotatable bonds is 2. The Hall–Kier alpha value is -0.340. The summed E-state index contributed by atoms with van der Waals surface area (Å²) < 4.78 is 4.58. The molecule has 0 aromatic heterocycles. The summed E-state index contributed by atoms with van der Waals surface area (Å²) in [4.78, 5) is 10.2. The van der Waals surface area contributed by atoms with Crippen LogP contribution in [0.3, 0.4) is 0 Å². The molecule has 60 valence electrons. The molecule has 0 aromatic rings. The van der Waals surface area contributed by atoms with Crippen molar-refractivity contribution in [3.63, 3.8) is 0 Å². The summed E-state index contributed by atoms with van der Waals surface area (Å²) in [6.45, 7) is 3.66. The van der Waals surface area contributed by atoms with E-state index >= 15 is 0 Å². The van der Waals surface area contributed by atoms with Crippen molar-refractivity contribution in [1.29, 1.82) is 0 Å². The van der Waals surface area contributed by atoms with Gasteiger partial charge in [-0.3, -0.25) is 5.73 Å². The lowest BCUT2D eigenvalue weighted by molar-refractivity contribution is 0.0567. The van der Waals surface area contributed by atoms with E-state index in [0.29, 0.717) is 0 Å². The average Bonchev–Trinajstić information content (AvgIpc) is 1.60. The molecule has 0 aliphatic carbocycles. The molecule has 10 heavy (non-hydrogen) atoms. The molecule has 0 aliphatic heterocycles. The van der Waals surface area contributed by atoms with Crippen molar-refractivity contribution < 1.29 is 9.53 Å². The van der Waals surface area contributed by atoms with E-state index in [0.717, 1.165) is 0 Å². The van der Waals surface area contributed by atoms with Crippen LogP contribution in [0.4, 0.5) is 4.79 Å².